The fourth-order valence-corrected chi connectivity index (χ4v) is 4.12. The summed E-state index contributed by atoms with van der Waals surface area (Å²) in [5.41, 5.74) is 6.58. The Bertz CT molecular complexity index is 505. The van der Waals surface area contributed by atoms with Crippen LogP contribution < -0.4 is 10.5 Å². The molecule has 3 unspecified atom stereocenters. The number of nitrogens with two attached hydrogens (primary N) is 1. The van der Waals surface area contributed by atoms with Crippen LogP contribution in [0.1, 0.15) is 31.2 Å². The quantitative estimate of drug-likeness (QED) is 0.845. The molecule has 3 rings (SSSR count). The van der Waals surface area contributed by atoms with Crippen molar-refractivity contribution in [2.24, 2.45) is 23.5 Å². The highest BCUT2D eigenvalue weighted by molar-refractivity contribution is 9.10. The number of rotatable bonds is 4. The van der Waals surface area contributed by atoms with Crippen LogP contribution in [0.25, 0.3) is 0 Å². The molecule has 0 aromatic heterocycles. The van der Waals surface area contributed by atoms with Crippen molar-refractivity contribution < 1.29 is 4.74 Å². The fraction of sp³-hybridized carbons (Fsp3) is 0.533. The van der Waals surface area contributed by atoms with E-state index in [0.29, 0.717) is 4.99 Å². The van der Waals surface area contributed by atoms with Crippen LogP contribution in [0, 0.1) is 17.8 Å². The normalized spacial score (nSPS) is 28.6. The van der Waals surface area contributed by atoms with Crippen LogP contribution in [-0.4, -0.2) is 11.6 Å². The van der Waals surface area contributed by atoms with Crippen LogP contribution >= 0.6 is 28.1 Å². The summed E-state index contributed by atoms with van der Waals surface area (Å²) in [6.07, 6.45) is 5.57. The van der Waals surface area contributed by atoms with Gasteiger partial charge in [0.15, 0.2) is 0 Å². The number of fused-ring (bicyclic) bond motifs is 2. The summed E-state index contributed by atoms with van der Waals surface area (Å²) < 4.78 is 6.98. The molecule has 1 aromatic carbocycles. The van der Waals surface area contributed by atoms with Gasteiger partial charge in [-0.3, -0.25) is 0 Å². The van der Waals surface area contributed by atoms with Gasteiger partial charge in [-0.25, -0.2) is 0 Å². The standard InChI is InChI=1S/C15H18BrNOS/c16-12-3-4-14(13(7-12)15(17)19)18-8-11-6-9-1-2-10(11)5-9/h3-4,7,9-11H,1-2,5-6,8H2,(H2,17,19). The van der Waals surface area contributed by atoms with Crippen molar-refractivity contribution in [1.82, 2.24) is 0 Å². The van der Waals surface area contributed by atoms with Gasteiger partial charge in [-0.2, -0.15) is 0 Å². The topological polar surface area (TPSA) is 35.2 Å². The van der Waals surface area contributed by atoms with Gasteiger partial charge < -0.3 is 10.5 Å². The lowest BCUT2D eigenvalue weighted by Gasteiger charge is -2.22. The van der Waals surface area contributed by atoms with Gasteiger partial charge in [-0.05, 0) is 55.2 Å². The third kappa shape index (κ3) is 2.79. The number of thiocarbonyl (C=S) groups is 1. The van der Waals surface area contributed by atoms with Crippen LogP contribution in [-0.2, 0) is 0 Å². The second-order valence-corrected chi connectivity index (χ2v) is 7.11. The Hall–Kier alpha value is -0.610. The Kier molecular flexibility index (Phi) is 3.81. The van der Waals surface area contributed by atoms with E-state index in [-0.39, 0.29) is 0 Å². The average Bonchev–Trinajstić information content (AvgIpc) is 2.99. The Labute approximate surface area is 127 Å². The number of ether oxygens (including phenoxy) is 1. The van der Waals surface area contributed by atoms with E-state index in [2.05, 4.69) is 15.9 Å². The van der Waals surface area contributed by atoms with Crippen molar-refractivity contribution in [3.05, 3.63) is 28.2 Å². The molecule has 0 saturated heterocycles. The van der Waals surface area contributed by atoms with E-state index in [4.69, 9.17) is 22.7 Å². The Morgan fingerprint density at radius 3 is 2.84 bits per heavy atom. The van der Waals surface area contributed by atoms with Gasteiger partial charge in [0.25, 0.3) is 0 Å². The predicted octanol–water partition coefficient (Wildman–Crippen LogP) is 3.90. The SMILES string of the molecule is NC(=S)c1cc(Br)ccc1OCC1CC2CCC1C2. The highest BCUT2D eigenvalue weighted by atomic mass is 79.9. The molecule has 3 atom stereocenters. The molecule has 2 aliphatic carbocycles. The van der Waals surface area contributed by atoms with Gasteiger partial charge in [0, 0.05) is 4.47 Å². The molecule has 19 heavy (non-hydrogen) atoms. The third-order valence-electron chi connectivity index (χ3n) is 4.54. The molecule has 2 fully saturated rings. The Morgan fingerprint density at radius 2 is 2.21 bits per heavy atom. The molecule has 0 radical (unpaired) electrons. The number of halogens is 1. The molecule has 1 aromatic rings. The third-order valence-corrected chi connectivity index (χ3v) is 5.26. The number of hydrogen-bond acceptors (Lipinski definition) is 2. The van der Waals surface area contributed by atoms with Gasteiger partial charge in [0.05, 0.1) is 12.2 Å². The van der Waals surface area contributed by atoms with E-state index in [0.717, 1.165) is 40.1 Å². The monoisotopic (exact) mass is 339 g/mol. The van der Waals surface area contributed by atoms with Crippen molar-refractivity contribution in [1.29, 1.82) is 0 Å². The van der Waals surface area contributed by atoms with Gasteiger partial charge in [0.1, 0.15) is 10.7 Å². The molecular formula is C15H18BrNOS. The molecule has 0 spiro atoms. The van der Waals surface area contributed by atoms with E-state index in [1.807, 2.05) is 18.2 Å². The predicted molar refractivity (Wildman–Crippen MR) is 84.5 cm³/mol. The summed E-state index contributed by atoms with van der Waals surface area (Å²) in [5.74, 6) is 3.38. The van der Waals surface area contributed by atoms with Gasteiger partial charge in [-0.15, -0.1) is 0 Å². The molecule has 0 heterocycles. The van der Waals surface area contributed by atoms with E-state index >= 15 is 0 Å². The molecule has 2 nitrogen and oxygen atoms in total. The molecule has 2 N–H and O–H groups in total. The molecule has 4 heteroatoms. The molecule has 102 valence electrons. The maximum absolute atomic E-state index is 6.00. The van der Waals surface area contributed by atoms with Crippen LogP contribution in [0.5, 0.6) is 5.75 Å². The summed E-state index contributed by atoms with van der Waals surface area (Å²) in [6, 6.07) is 5.85. The van der Waals surface area contributed by atoms with Crippen molar-refractivity contribution in [2.45, 2.75) is 25.7 Å². The van der Waals surface area contributed by atoms with Crippen molar-refractivity contribution >= 4 is 33.1 Å². The zero-order valence-electron chi connectivity index (χ0n) is 10.8. The van der Waals surface area contributed by atoms with Gasteiger partial charge in [-0.1, -0.05) is 34.6 Å². The minimum atomic E-state index is 0.393. The van der Waals surface area contributed by atoms with Crippen molar-refractivity contribution in [2.75, 3.05) is 6.61 Å². The average molecular weight is 340 g/mol. The van der Waals surface area contributed by atoms with E-state index in [1.165, 1.54) is 25.7 Å². The largest absolute Gasteiger partial charge is 0.493 e. The summed E-state index contributed by atoms with van der Waals surface area (Å²) >= 11 is 8.53. The van der Waals surface area contributed by atoms with E-state index < -0.39 is 0 Å². The highest BCUT2D eigenvalue weighted by Crippen LogP contribution is 2.48. The number of benzene rings is 1. The first-order valence-corrected chi connectivity index (χ1v) is 8.05. The summed E-state index contributed by atoms with van der Waals surface area (Å²) in [4.78, 5) is 0.393. The zero-order chi connectivity index (χ0) is 13.4. The lowest BCUT2D eigenvalue weighted by molar-refractivity contribution is 0.195. The minimum absolute atomic E-state index is 0.393. The lowest BCUT2D eigenvalue weighted by Crippen LogP contribution is -2.20. The Morgan fingerprint density at radius 1 is 1.37 bits per heavy atom. The molecule has 0 amide bonds. The van der Waals surface area contributed by atoms with Crippen molar-refractivity contribution in [3.63, 3.8) is 0 Å². The smallest absolute Gasteiger partial charge is 0.129 e. The lowest BCUT2D eigenvalue weighted by atomic mass is 9.89. The summed E-state index contributed by atoms with van der Waals surface area (Å²) in [5, 5.41) is 0. The zero-order valence-corrected chi connectivity index (χ0v) is 13.2. The minimum Gasteiger partial charge on any atom is -0.493 e. The maximum atomic E-state index is 6.00. The molecular weight excluding hydrogens is 322 g/mol. The van der Waals surface area contributed by atoms with Crippen LogP contribution in [0.3, 0.4) is 0 Å². The van der Waals surface area contributed by atoms with Crippen LogP contribution in [0.15, 0.2) is 22.7 Å². The second-order valence-electron chi connectivity index (χ2n) is 5.75. The van der Waals surface area contributed by atoms with E-state index in [9.17, 15) is 0 Å². The molecule has 2 bridgehead atoms. The van der Waals surface area contributed by atoms with Gasteiger partial charge in [0.2, 0.25) is 0 Å². The number of hydrogen-bond donors (Lipinski definition) is 1. The second kappa shape index (κ2) is 5.41. The first-order chi connectivity index (χ1) is 9.13. The van der Waals surface area contributed by atoms with Gasteiger partial charge >= 0.3 is 0 Å². The molecule has 0 aliphatic heterocycles. The summed E-state index contributed by atoms with van der Waals surface area (Å²) in [6.45, 7) is 0.804. The maximum Gasteiger partial charge on any atom is 0.129 e. The molecule has 2 saturated carbocycles. The van der Waals surface area contributed by atoms with E-state index in [1.54, 1.807) is 0 Å². The first kappa shape index (κ1) is 13.4. The van der Waals surface area contributed by atoms with Crippen LogP contribution in [0.4, 0.5) is 0 Å². The van der Waals surface area contributed by atoms with Crippen molar-refractivity contribution in [3.8, 4) is 5.75 Å². The highest BCUT2D eigenvalue weighted by Gasteiger charge is 2.39. The summed E-state index contributed by atoms with van der Waals surface area (Å²) in [7, 11) is 0. The fourth-order valence-electron chi connectivity index (χ4n) is 3.60. The molecule has 2 aliphatic rings. The van der Waals surface area contributed by atoms with Crippen LogP contribution in [0.2, 0.25) is 0 Å². The first-order valence-electron chi connectivity index (χ1n) is 6.85. The Balaban J connectivity index is 1.68.